The molecule has 1 aromatic heterocycles. The molecule has 188 valence electrons. The molecular weight excluding hydrogens is 472 g/mol. The first-order valence-electron chi connectivity index (χ1n) is 11.7. The molecule has 1 aliphatic heterocycles. The van der Waals surface area contributed by atoms with Crippen LogP contribution in [0, 0.1) is 11.3 Å². The van der Waals surface area contributed by atoms with Crippen molar-refractivity contribution in [3.63, 3.8) is 0 Å². The SMILES string of the molecule is N#Cc1ccc(N2CCN(C(=O)CC(=O)Nc3c(OCc4ccccc4)cccc3C(N)=O)CC2)nc1. The molecule has 0 atom stereocenters. The van der Waals surface area contributed by atoms with Crippen LogP contribution in [0.4, 0.5) is 11.5 Å². The fourth-order valence-corrected chi connectivity index (χ4v) is 3.98. The number of hydrogen-bond donors (Lipinski definition) is 2. The van der Waals surface area contributed by atoms with E-state index in [1.165, 1.54) is 12.3 Å². The molecule has 0 radical (unpaired) electrons. The van der Waals surface area contributed by atoms with Crippen molar-refractivity contribution in [1.29, 1.82) is 5.26 Å². The summed E-state index contributed by atoms with van der Waals surface area (Å²) < 4.78 is 5.86. The number of aromatic nitrogens is 1. The number of amides is 3. The number of hydrogen-bond acceptors (Lipinski definition) is 7. The number of nitriles is 1. The summed E-state index contributed by atoms with van der Waals surface area (Å²) in [5.41, 5.74) is 7.14. The van der Waals surface area contributed by atoms with Crippen molar-refractivity contribution in [3.8, 4) is 11.8 Å². The standard InChI is InChI=1S/C27H26N6O4/c28-16-20-9-10-23(30-17-20)32-11-13-33(14-12-32)25(35)15-24(34)31-26-21(27(29)36)7-4-8-22(26)37-18-19-5-2-1-3-6-19/h1-10,17H,11-15,18H2,(H2,29,36)(H,31,34). The average Bonchev–Trinajstić information content (AvgIpc) is 2.93. The van der Waals surface area contributed by atoms with Gasteiger partial charge in [-0.05, 0) is 29.8 Å². The third-order valence-corrected chi connectivity index (χ3v) is 5.94. The molecule has 0 saturated carbocycles. The summed E-state index contributed by atoms with van der Waals surface area (Å²) in [6.07, 6.45) is 1.12. The maximum Gasteiger partial charge on any atom is 0.250 e. The van der Waals surface area contributed by atoms with Gasteiger partial charge >= 0.3 is 0 Å². The Morgan fingerprint density at radius 3 is 2.41 bits per heavy atom. The molecule has 10 nitrogen and oxygen atoms in total. The number of carbonyl (C=O) groups is 3. The topological polar surface area (TPSA) is 142 Å². The second-order valence-corrected chi connectivity index (χ2v) is 8.43. The largest absolute Gasteiger partial charge is 0.487 e. The smallest absolute Gasteiger partial charge is 0.250 e. The molecule has 10 heteroatoms. The first-order chi connectivity index (χ1) is 17.9. The molecule has 0 spiro atoms. The van der Waals surface area contributed by atoms with Gasteiger partial charge in [0.1, 0.15) is 30.7 Å². The van der Waals surface area contributed by atoms with Gasteiger partial charge in [-0.25, -0.2) is 4.98 Å². The lowest BCUT2D eigenvalue weighted by atomic mass is 10.1. The van der Waals surface area contributed by atoms with Crippen molar-refractivity contribution in [2.24, 2.45) is 5.73 Å². The van der Waals surface area contributed by atoms with Gasteiger partial charge in [-0.15, -0.1) is 0 Å². The molecule has 1 saturated heterocycles. The van der Waals surface area contributed by atoms with Crippen molar-refractivity contribution in [1.82, 2.24) is 9.88 Å². The number of ether oxygens (including phenoxy) is 1. The van der Waals surface area contributed by atoms with Crippen LogP contribution in [0.1, 0.15) is 27.9 Å². The van der Waals surface area contributed by atoms with E-state index in [2.05, 4.69) is 10.3 Å². The molecule has 3 amide bonds. The van der Waals surface area contributed by atoms with E-state index in [0.717, 1.165) is 11.4 Å². The first-order valence-corrected chi connectivity index (χ1v) is 11.7. The van der Waals surface area contributed by atoms with Gasteiger partial charge in [0.15, 0.2) is 0 Å². The summed E-state index contributed by atoms with van der Waals surface area (Å²) in [6, 6.07) is 19.7. The Bertz CT molecular complexity index is 1310. The first kappa shape index (κ1) is 25.2. The van der Waals surface area contributed by atoms with Gasteiger partial charge in [-0.2, -0.15) is 5.26 Å². The van der Waals surface area contributed by atoms with Crippen molar-refractivity contribution < 1.29 is 19.1 Å². The molecule has 3 N–H and O–H groups in total. The van der Waals surface area contributed by atoms with E-state index in [1.807, 2.05) is 41.3 Å². The average molecular weight is 499 g/mol. The molecule has 2 heterocycles. The number of anilines is 2. The van der Waals surface area contributed by atoms with Crippen LogP contribution in [0.5, 0.6) is 5.75 Å². The minimum Gasteiger partial charge on any atom is -0.487 e. The van der Waals surface area contributed by atoms with Crippen LogP contribution in [0.25, 0.3) is 0 Å². The number of nitrogens with one attached hydrogen (secondary N) is 1. The molecule has 3 aromatic rings. The zero-order chi connectivity index (χ0) is 26.2. The molecule has 2 aromatic carbocycles. The fraction of sp³-hybridized carbons (Fsp3) is 0.222. The van der Waals surface area contributed by atoms with E-state index in [4.69, 9.17) is 15.7 Å². The minimum absolute atomic E-state index is 0.0925. The molecule has 1 aliphatic rings. The summed E-state index contributed by atoms with van der Waals surface area (Å²) >= 11 is 0. The van der Waals surface area contributed by atoms with Gasteiger partial charge in [0.25, 0.3) is 5.91 Å². The third-order valence-electron chi connectivity index (χ3n) is 5.94. The highest BCUT2D eigenvalue weighted by molar-refractivity contribution is 6.08. The number of nitrogens with zero attached hydrogens (tertiary/aromatic N) is 4. The van der Waals surface area contributed by atoms with E-state index >= 15 is 0 Å². The van der Waals surface area contributed by atoms with Crippen LogP contribution < -0.4 is 20.7 Å². The Balaban J connectivity index is 1.36. The molecule has 0 unspecified atom stereocenters. The van der Waals surface area contributed by atoms with Crippen molar-refractivity contribution in [2.45, 2.75) is 13.0 Å². The number of para-hydroxylation sites is 1. The van der Waals surface area contributed by atoms with E-state index in [0.29, 0.717) is 31.7 Å². The number of piperazine rings is 1. The Hall–Kier alpha value is -4.91. The fourth-order valence-electron chi connectivity index (χ4n) is 3.98. The molecule has 1 fully saturated rings. The van der Waals surface area contributed by atoms with Gasteiger partial charge < -0.3 is 25.6 Å². The van der Waals surface area contributed by atoms with E-state index < -0.39 is 11.8 Å². The summed E-state index contributed by atoms with van der Waals surface area (Å²) in [5.74, 6) is -0.605. The highest BCUT2D eigenvalue weighted by Crippen LogP contribution is 2.29. The van der Waals surface area contributed by atoms with E-state index in [9.17, 15) is 14.4 Å². The predicted molar refractivity (Wildman–Crippen MR) is 137 cm³/mol. The van der Waals surface area contributed by atoms with Crippen molar-refractivity contribution in [3.05, 3.63) is 83.6 Å². The number of benzene rings is 2. The van der Waals surface area contributed by atoms with Crippen LogP contribution in [-0.2, 0) is 16.2 Å². The Kier molecular flexibility index (Phi) is 7.95. The minimum atomic E-state index is -0.723. The number of nitrogens with two attached hydrogens (primary N) is 1. The zero-order valence-corrected chi connectivity index (χ0v) is 20.1. The Morgan fingerprint density at radius 1 is 1.00 bits per heavy atom. The Labute approximate surface area is 214 Å². The second-order valence-electron chi connectivity index (χ2n) is 8.43. The zero-order valence-electron chi connectivity index (χ0n) is 20.1. The van der Waals surface area contributed by atoms with Gasteiger partial charge in [-0.1, -0.05) is 36.4 Å². The van der Waals surface area contributed by atoms with E-state index in [1.54, 1.807) is 29.2 Å². The lowest BCUT2D eigenvalue weighted by Gasteiger charge is -2.35. The Morgan fingerprint density at radius 2 is 1.76 bits per heavy atom. The quantitative estimate of drug-likeness (QED) is 0.454. The van der Waals surface area contributed by atoms with Crippen LogP contribution in [0.15, 0.2) is 66.9 Å². The normalized spacial score (nSPS) is 12.9. The van der Waals surface area contributed by atoms with E-state index in [-0.39, 0.29) is 35.9 Å². The highest BCUT2D eigenvalue weighted by atomic mass is 16.5. The number of carbonyl (C=O) groups excluding carboxylic acids is 3. The number of pyridine rings is 1. The highest BCUT2D eigenvalue weighted by Gasteiger charge is 2.25. The summed E-state index contributed by atoms with van der Waals surface area (Å²) in [7, 11) is 0. The molecule has 0 bridgehead atoms. The predicted octanol–water partition coefficient (Wildman–Crippen LogP) is 2.31. The summed E-state index contributed by atoms with van der Waals surface area (Å²) in [5, 5.41) is 11.6. The van der Waals surface area contributed by atoms with Gasteiger partial charge in [0, 0.05) is 32.4 Å². The number of rotatable bonds is 8. The van der Waals surface area contributed by atoms with Gasteiger partial charge in [0.2, 0.25) is 11.8 Å². The van der Waals surface area contributed by atoms with Crippen molar-refractivity contribution in [2.75, 3.05) is 36.4 Å². The molecular formula is C27H26N6O4. The maximum atomic E-state index is 12.8. The lowest BCUT2D eigenvalue weighted by Crippen LogP contribution is -2.49. The van der Waals surface area contributed by atoms with Crippen LogP contribution >= 0.6 is 0 Å². The summed E-state index contributed by atoms with van der Waals surface area (Å²) in [6.45, 7) is 2.18. The summed E-state index contributed by atoms with van der Waals surface area (Å²) in [4.78, 5) is 45.5. The van der Waals surface area contributed by atoms with Crippen LogP contribution in [0.2, 0.25) is 0 Å². The third kappa shape index (κ3) is 6.41. The van der Waals surface area contributed by atoms with Gasteiger partial charge in [0.05, 0.1) is 16.8 Å². The van der Waals surface area contributed by atoms with Crippen molar-refractivity contribution >= 4 is 29.2 Å². The number of primary amides is 1. The maximum absolute atomic E-state index is 12.8. The lowest BCUT2D eigenvalue weighted by molar-refractivity contribution is -0.134. The second kappa shape index (κ2) is 11.7. The van der Waals surface area contributed by atoms with Crippen LogP contribution in [0.3, 0.4) is 0 Å². The molecule has 4 rings (SSSR count). The monoisotopic (exact) mass is 498 g/mol. The molecule has 0 aliphatic carbocycles. The molecule has 37 heavy (non-hydrogen) atoms. The van der Waals surface area contributed by atoms with Gasteiger partial charge in [-0.3, -0.25) is 14.4 Å². The van der Waals surface area contributed by atoms with Crippen LogP contribution in [-0.4, -0.2) is 53.8 Å².